The van der Waals surface area contributed by atoms with Crippen LogP contribution in [0.5, 0.6) is 0 Å². The summed E-state index contributed by atoms with van der Waals surface area (Å²) in [5.41, 5.74) is 7.11. The fourth-order valence-electron chi connectivity index (χ4n) is 3.12. The number of nitrogens with two attached hydrogens (primary N) is 1. The Bertz CT molecular complexity index is 490. The largest absolute Gasteiger partial charge is 0.370 e. The summed E-state index contributed by atoms with van der Waals surface area (Å²) in [6, 6.07) is 7.13. The smallest absolute Gasteiger partial charge is 0.188 e. The van der Waals surface area contributed by atoms with Crippen LogP contribution in [0.25, 0.3) is 0 Å². The molecule has 2 rings (SSSR count). The number of hydrogen-bond acceptors (Lipinski definition) is 2. The van der Waals surface area contributed by atoms with E-state index >= 15 is 0 Å². The van der Waals surface area contributed by atoms with Gasteiger partial charge in [0, 0.05) is 6.04 Å². The first kappa shape index (κ1) is 17.7. The van der Waals surface area contributed by atoms with Gasteiger partial charge in [-0.25, -0.2) is 4.39 Å². The van der Waals surface area contributed by atoms with Crippen molar-refractivity contribution in [1.29, 1.82) is 0 Å². The minimum Gasteiger partial charge on any atom is -0.370 e. The Labute approximate surface area is 139 Å². The molecule has 0 aromatic heterocycles. The molecule has 1 atom stereocenters. The lowest BCUT2D eigenvalue weighted by Gasteiger charge is -2.24. The third kappa shape index (κ3) is 5.82. The molecule has 0 amide bonds. The van der Waals surface area contributed by atoms with Gasteiger partial charge in [0.05, 0.1) is 12.6 Å². The summed E-state index contributed by atoms with van der Waals surface area (Å²) < 4.78 is 13.1. The number of nitrogens with one attached hydrogen (secondary N) is 1. The highest BCUT2D eigenvalue weighted by atomic mass is 19.1. The van der Waals surface area contributed by atoms with Crippen LogP contribution in [0.1, 0.15) is 50.1 Å². The van der Waals surface area contributed by atoms with Gasteiger partial charge in [0.25, 0.3) is 0 Å². The van der Waals surface area contributed by atoms with Gasteiger partial charge in [-0.05, 0) is 44.6 Å². The van der Waals surface area contributed by atoms with E-state index in [0.29, 0.717) is 18.5 Å². The van der Waals surface area contributed by atoms with E-state index in [4.69, 9.17) is 5.73 Å². The van der Waals surface area contributed by atoms with Crippen LogP contribution >= 0.6 is 0 Å². The van der Waals surface area contributed by atoms with Crippen LogP contribution in [-0.2, 0) is 0 Å². The van der Waals surface area contributed by atoms with Crippen LogP contribution in [-0.4, -0.2) is 37.5 Å². The summed E-state index contributed by atoms with van der Waals surface area (Å²) in [6.45, 7) is 0.560. The number of hydrogen-bond donors (Lipinski definition) is 2. The fourth-order valence-corrected chi connectivity index (χ4v) is 3.12. The van der Waals surface area contributed by atoms with Gasteiger partial charge < -0.3 is 16.0 Å². The predicted octanol–water partition coefficient (Wildman–Crippen LogP) is 3.06. The van der Waals surface area contributed by atoms with Crippen molar-refractivity contribution in [2.45, 2.75) is 50.6 Å². The number of guanidine groups is 1. The summed E-state index contributed by atoms with van der Waals surface area (Å²) in [5, 5.41) is 3.36. The maximum Gasteiger partial charge on any atom is 0.188 e. The van der Waals surface area contributed by atoms with E-state index in [9.17, 15) is 4.39 Å². The Morgan fingerprint density at radius 1 is 1.22 bits per heavy atom. The van der Waals surface area contributed by atoms with Crippen molar-refractivity contribution in [3.8, 4) is 0 Å². The van der Waals surface area contributed by atoms with Gasteiger partial charge in [-0.2, -0.15) is 0 Å². The second-order valence-electron chi connectivity index (χ2n) is 6.59. The number of nitrogens with zero attached hydrogens (tertiary/aromatic N) is 2. The normalized spacial score (nSPS) is 18.7. The average Bonchev–Trinajstić information content (AvgIpc) is 2.77. The lowest BCUT2D eigenvalue weighted by molar-refractivity contribution is 0.306. The maximum absolute atomic E-state index is 13.1. The minimum atomic E-state index is -0.218. The van der Waals surface area contributed by atoms with Crippen LogP contribution in [0.4, 0.5) is 4.39 Å². The Balaban J connectivity index is 1.95. The van der Waals surface area contributed by atoms with Crippen molar-refractivity contribution < 1.29 is 4.39 Å². The molecule has 1 fully saturated rings. The summed E-state index contributed by atoms with van der Waals surface area (Å²) in [6.07, 6.45) is 7.52. The van der Waals surface area contributed by atoms with Crippen molar-refractivity contribution in [2.24, 2.45) is 10.7 Å². The number of rotatable bonds is 5. The standard InChI is InChI=1S/C18H29FN4/c1-23(2)17(14-9-11-15(19)12-10-14)13-21-18(20)22-16-7-5-3-4-6-8-16/h9-12,16-17H,3-8,13H2,1-2H3,(H3,20,21,22). The maximum atomic E-state index is 13.1. The monoisotopic (exact) mass is 320 g/mol. The molecule has 1 aliphatic rings. The van der Waals surface area contributed by atoms with E-state index < -0.39 is 0 Å². The third-order valence-electron chi connectivity index (χ3n) is 4.52. The molecule has 0 aliphatic heterocycles. The van der Waals surface area contributed by atoms with Gasteiger partial charge in [0.2, 0.25) is 0 Å². The zero-order valence-electron chi connectivity index (χ0n) is 14.3. The van der Waals surface area contributed by atoms with Crippen LogP contribution in [0.2, 0.25) is 0 Å². The zero-order valence-corrected chi connectivity index (χ0v) is 14.3. The van der Waals surface area contributed by atoms with E-state index in [1.807, 2.05) is 26.2 Å². The Morgan fingerprint density at radius 3 is 2.39 bits per heavy atom. The molecular weight excluding hydrogens is 291 g/mol. The van der Waals surface area contributed by atoms with Gasteiger partial charge in [-0.1, -0.05) is 37.8 Å². The third-order valence-corrected chi connectivity index (χ3v) is 4.52. The average molecular weight is 320 g/mol. The molecule has 1 aromatic carbocycles. The molecule has 0 heterocycles. The predicted molar refractivity (Wildman–Crippen MR) is 93.9 cm³/mol. The van der Waals surface area contributed by atoms with Crippen LogP contribution in [0.15, 0.2) is 29.3 Å². The molecule has 0 bridgehead atoms. The van der Waals surface area contributed by atoms with Crippen LogP contribution in [0.3, 0.4) is 0 Å². The highest BCUT2D eigenvalue weighted by Crippen LogP contribution is 2.19. The Hall–Kier alpha value is -1.62. The second-order valence-corrected chi connectivity index (χ2v) is 6.59. The van der Waals surface area contributed by atoms with Gasteiger partial charge in [-0.15, -0.1) is 0 Å². The molecule has 1 aromatic rings. The first-order valence-corrected chi connectivity index (χ1v) is 8.54. The van der Waals surface area contributed by atoms with E-state index in [-0.39, 0.29) is 11.9 Å². The molecule has 0 spiro atoms. The summed E-state index contributed by atoms with van der Waals surface area (Å²) in [4.78, 5) is 6.60. The van der Waals surface area contributed by atoms with Gasteiger partial charge in [-0.3, -0.25) is 4.99 Å². The fraction of sp³-hybridized carbons (Fsp3) is 0.611. The van der Waals surface area contributed by atoms with Crippen molar-refractivity contribution in [3.05, 3.63) is 35.6 Å². The summed E-state index contributed by atoms with van der Waals surface area (Å²) >= 11 is 0. The second kappa shape index (κ2) is 8.87. The molecule has 5 heteroatoms. The number of benzene rings is 1. The molecule has 0 saturated heterocycles. The Morgan fingerprint density at radius 2 is 1.83 bits per heavy atom. The number of halogens is 1. The molecule has 128 valence electrons. The first-order valence-electron chi connectivity index (χ1n) is 8.54. The molecule has 1 aliphatic carbocycles. The first-order chi connectivity index (χ1) is 11.1. The molecule has 1 saturated carbocycles. The summed E-state index contributed by atoms with van der Waals surface area (Å²) in [7, 11) is 4.00. The van der Waals surface area contributed by atoms with Crippen LogP contribution < -0.4 is 11.1 Å². The van der Waals surface area contributed by atoms with Gasteiger partial charge in [0.15, 0.2) is 5.96 Å². The zero-order chi connectivity index (χ0) is 16.7. The number of aliphatic imine (C=N–C) groups is 1. The minimum absolute atomic E-state index is 0.0880. The highest BCUT2D eigenvalue weighted by Gasteiger charge is 2.15. The molecule has 3 N–H and O–H groups in total. The van der Waals surface area contributed by atoms with Crippen molar-refractivity contribution >= 4 is 5.96 Å². The van der Waals surface area contributed by atoms with Crippen molar-refractivity contribution in [3.63, 3.8) is 0 Å². The molecular formula is C18H29FN4. The van der Waals surface area contributed by atoms with Crippen LogP contribution in [0, 0.1) is 5.82 Å². The topological polar surface area (TPSA) is 53.6 Å². The molecule has 4 nitrogen and oxygen atoms in total. The lowest BCUT2D eigenvalue weighted by atomic mass is 10.1. The van der Waals surface area contributed by atoms with E-state index in [0.717, 1.165) is 5.56 Å². The highest BCUT2D eigenvalue weighted by molar-refractivity contribution is 5.78. The quantitative estimate of drug-likeness (QED) is 0.498. The number of likely N-dealkylation sites (N-methyl/N-ethyl adjacent to an activating group) is 1. The molecule has 23 heavy (non-hydrogen) atoms. The Kier molecular flexibility index (Phi) is 6.84. The SMILES string of the molecule is CN(C)C(CN=C(N)NC1CCCCCC1)c1ccc(F)cc1. The van der Waals surface area contributed by atoms with Gasteiger partial charge in [0.1, 0.15) is 5.82 Å². The summed E-state index contributed by atoms with van der Waals surface area (Å²) in [5.74, 6) is 0.301. The molecule has 1 unspecified atom stereocenters. The van der Waals surface area contributed by atoms with E-state index in [1.54, 1.807) is 0 Å². The van der Waals surface area contributed by atoms with E-state index in [1.165, 1.54) is 50.7 Å². The van der Waals surface area contributed by atoms with Gasteiger partial charge >= 0.3 is 0 Å². The van der Waals surface area contributed by atoms with E-state index in [2.05, 4.69) is 15.2 Å². The lowest BCUT2D eigenvalue weighted by Crippen LogP contribution is -2.40. The molecule has 0 radical (unpaired) electrons. The van der Waals surface area contributed by atoms with Crippen molar-refractivity contribution in [2.75, 3.05) is 20.6 Å². The van der Waals surface area contributed by atoms with Crippen molar-refractivity contribution in [1.82, 2.24) is 10.2 Å².